The maximum Gasteiger partial charge on any atom is 0.252 e. The van der Waals surface area contributed by atoms with Crippen LogP contribution in [0.4, 0.5) is 4.39 Å². The Labute approximate surface area is 220 Å². The molecule has 0 fully saturated rings. The van der Waals surface area contributed by atoms with Gasteiger partial charge in [0.05, 0.1) is 23.0 Å². The van der Waals surface area contributed by atoms with Crippen LogP contribution in [0.1, 0.15) is 38.3 Å². The summed E-state index contributed by atoms with van der Waals surface area (Å²) in [7, 11) is -2.12. The quantitative estimate of drug-likeness (QED) is 0.386. The number of hydrogen-bond acceptors (Lipinski definition) is 6. The predicted molar refractivity (Wildman–Crippen MR) is 139 cm³/mol. The van der Waals surface area contributed by atoms with Gasteiger partial charge in [0.25, 0.3) is 5.91 Å². The highest BCUT2D eigenvalue weighted by Gasteiger charge is 2.23. The van der Waals surface area contributed by atoms with Crippen molar-refractivity contribution in [3.63, 3.8) is 0 Å². The lowest BCUT2D eigenvalue weighted by Crippen LogP contribution is -2.34. The first-order valence-corrected chi connectivity index (χ1v) is 13.5. The van der Waals surface area contributed by atoms with Gasteiger partial charge in [-0.1, -0.05) is 11.8 Å². The second kappa shape index (κ2) is 10.6. The minimum absolute atomic E-state index is 0.00296. The van der Waals surface area contributed by atoms with Crippen LogP contribution in [0.2, 0.25) is 0 Å². The Morgan fingerprint density at radius 1 is 1.05 bits per heavy atom. The van der Waals surface area contributed by atoms with Gasteiger partial charge in [0.15, 0.2) is 9.84 Å². The number of nitrogens with one attached hydrogen (secondary N) is 1. The van der Waals surface area contributed by atoms with Crippen molar-refractivity contribution < 1.29 is 17.6 Å². The van der Waals surface area contributed by atoms with Crippen LogP contribution >= 0.6 is 0 Å². The highest BCUT2D eigenvalue weighted by molar-refractivity contribution is 7.90. The number of amides is 1. The van der Waals surface area contributed by atoms with Crippen LogP contribution in [0.3, 0.4) is 0 Å². The molecule has 0 aliphatic carbocycles. The summed E-state index contributed by atoms with van der Waals surface area (Å²) in [5.74, 6) is 4.69. The van der Waals surface area contributed by atoms with Gasteiger partial charge < -0.3 is 5.32 Å². The number of carbonyl (C=O) groups is 1. The van der Waals surface area contributed by atoms with E-state index >= 15 is 0 Å². The zero-order valence-corrected chi connectivity index (χ0v) is 21.4. The highest BCUT2D eigenvalue weighted by Crippen LogP contribution is 2.23. The number of nitrogens with zero attached hydrogens (tertiary/aromatic N) is 4. The molecule has 0 bridgehead atoms. The first kappa shape index (κ1) is 25.3. The molecule has 1 N–H and O–H groups in total. The molecule has 0 saturated carbocycles. The van der Waals surface area contributed by atoms with Gasteiger partial charge in [-0.2, -0.15) is 5.10 Å². The Morgan fingerprint density at radius 3 is 2.58 bits per heavy atom. The fraction of sp³-hybridized carbons (Fsp3) is 0.179. The standard InChI is InChI=1S/C28H24FN5O3S/c1-33-13-11-26(32-33)18-38(36,37)27-9-6-22(14-21(27)5-2-20-3-7-25(29)8-4-20)28(35)31-19-34-16-23-10-12-30-15-24(23)17-34/h3-4,6-15H,16-19H2,1H3,(H,31,35). The molecule has 5 rings (SSSR count). The monoisotopic (exact) mass is 529 g/mol. The number of pyridine rings is 1. The molecule has 0 saturated heterocycles. The van der Waals surface area contributed by atoms with Crippen molar-refractivity contribution >= 4 is 15.7 Å². The number of halogens is 1. The molecule has 8 nitrogen and oxygen atoms in total. The van der Waals surface area contributed by atoms with Gasteiger partial charge in [-0.05, 0) is 65.7 Å². The van der Waals surface area contributed by atoms with E-state index in [0.29, 0.717) is 31.0 Å². The number of fused-ring (bicyclic) bond motifs is 1. The summed E-state index contributed by atoms with van der Waals surface area (Å²) in [5, 5.41) is 7.07. The molecule has 192 valence electrons. The van der Waals surface area contributed by atoms with E-state index < -0.39 is 15.7 Å². The van der Waals surface area contributed by atoms with Crippen LogP contribution in [0.5, 0.6) is 0 Å². The third-order valence-electron chi connectivity index (χ3n) is 6.13. The van der Waals surface area contributed by atoms with Gasteiger partial charge in [-0.3, -0.25) is 19.4 Å². The van der Waals surface area contributed by atoms with Gasteiger partial charge in [-0.25, -0.2) is 12.8 Å². The SMILES string of the molecule is Cn1ccc(CS(=O)(=O)c2ccc(C(=O)NCN3Cc4ccncc4C3)cc2C#Cc2ccc(F)cc2)n1. The van der Waals surface area contributed by atoms with Crippen molar-refractivity contribution in [2.45, 2.75) is 23.7 Å². The van der Waals surface area contributed by atoms with Gasteiger partial charge in [-0.15, -0.1) is 0 Å². The summed E-state index contributed by atoms with van der Waals surface area (Å²) < 4.78 is 41.4. The third kappa shape index (κ3) is 5.80. The van der Waals surface area contributed by atoms with Gasteiger partial charge in [0.1, 0.15) is 5.82 Å². The van der Waals surface area contributed by atoms with E-state index in [4.69, 9.17) is 0 Å². The van der Waals surface area contributed by atoms with Gasteiger partial charge in [0.2, 0.25) is 0 Å². The van der Waals surface area contributed by atoms with Gasteiger partial charge in [0, 0.05) is 55.4 Å². The fourth-order valence-corrected chi connectivity index (χ4v) is 5.63. The molecule has 0 unspecified atom stereocenters. The summed E-state index contributed by atoms with van der Waals surface area (Å²) in [6.45, 7) is 1.71. The number of sulfone groups is 1. The van der Waals surface area contributed by atoms with Crippen LogP contribution in [0.25, 0.3) is 0 Å². The number of aromatic nitrogens is 3. The molecule has 3 heterocycles. The smallest absolute Gasteiger partial charge is 0.252 e. The molecule has 38 heavy (non-hydrogen) atoms. The van der Waals surface area contributed by atoms with Crippen LogP contribution in [-0.4, -0.2) is 40.7 Å². The molecule has 0 spiro atoms. The van der Waals surface area contributed by atoms with Crippen molar-refractivity contribution in [2.75, 3.05) is 6.67 Å². The Bertz CT molecular complexity index is 1650. The predicted octanol–water partition coefficient (Wildman–Crippen LogP) is 3.03. The second-order valence-electron chi connectivity index (χ2n) is 9.00. The van der Waals surface area contributed by atoms with Crippen LogP contribution in [0.15, 0.2) is 78.1 Å². The molecular formula is C28H24FN5O3S. The molecule has 1 aliphatic rings. The van der Waals surface area contributed by atoms with E-state index in [-0.39, 0.29) is 27.7 Å². The summed E-state index contributed by atoms with van der Waals surface area (Å²) in [5.41, 5.74) is 3.67. The molecule has 0 radical (unpaired) electrons. The maximum atomic E-state index is 13.3. The maximum absolute atomic E-state index is 13.3. The Morgan fingerprint density at radius 2 is 1.84 bits per heavy atom. The molecule has 2 aromatic carbocycles. The molecule has 1 aliphatic heterocycles. The lowest BCUT2D eigenvalue weighted by molar-refractivity contribution is 0.0921. The lowest BCUT2D eigenvalue weighted by Gasteiger charge is -2.16. The number of aryl methyl sites for hydroxylation is 1. The van der Waals surface area contributed by atoms with Crippen molar-refractivity contribution in [2.24, 2.45) is 7.05 Å². The van der Waals surface area contributed by atoms with Crippen molar-refractivity contribution in [1.82, 2.24) is 25.0 Å². The summed E-state index contributed by atoms with van der Waals surface area (Å²) in [6, 6.07) is 13.5. The molecule has 10 heteroatoms. The topological polar surface area (TPSA) is 97.2 Å². The summed E-state index contributed by atoms with van der Waals surface area (Å²) in [6.07, 6.45) is 5.25. The number of benzene rings is 2. The third-order valence-corrected chi connectivity index (χ3v) is 7.83. The molecule has 1 amide bonds. The average Bonchev–Trinajstić information content (AvgIpc) is 3.51. The van der Waals surface area contributed by atoms with E-state index in [1.54, 1.807) is 25.5 Å². The first-order valence-electron chi connectivity index (χ1n) is 11.8. The zero-order chi connectivity index (χ0) is 26.7. The van der Waals surface area contributed by atoms with E-state index in [2.05, 4.69) is 32.1 Å². The number of hydrogen-bond donors (Lipinski definition) is 1. The van der Waals surface area contributed by atoms with E-state index in [0.717, 1.165) is 5.56 Å². The van der Waals surface area contributed by atoms with Gasteiger partial charge >= 0.3 is 0 Å². The minimum atomic E-state index is -3.82. The highest BCUT2D eigenvalue weighted by atomic mass is 32.2. The fourth-order valence-electron chi connectivity index (χ4n) is 4.21. The van der Waals surface area contributed by atoms with E-state index in [9.17, 15) is 17.6 Å². The summed E-state index contributed by atoms with van der Waals surface area (Å²) >= 11 is 0. The lowest BCUT2D eigenvalue weighted by atomic mass is 10.1. The Hall–Kier alpha value is -4.33. The van der Waals surface area contributed by atoms with Crippen molar-refractivity contribution in [1.29, 1.82) is 0 Å². The van der Waals surface area contributed by atoms with E-state index in [1.807, 2.05) is 12.3 Å². The summed E-state index contributed by atoms with van der Waals surface area (Å²) in [4.78, 5) is 19.2. The van der Waals surface area contributed by atoms with E-state index in [1.165, 1.54) is 52.7 Å². The first-order chi connectivity index (χ1) is 18.3. The number of rotatable bonds is 6. The normalized spacial score (nSPS) is 13.0. The average molecular weight is 530 g/mol. The van der Waals surface area contributed by atoms with Crippen molar-refractivity contribution in [3.8, 4) is 11.8 Å². The molecular weight excluding hydrogens is 505 g/mol. The van der Waals surface area contributed by atoms with Crippen molar-refractivity contribution in [3.05, 3.63) is 113 Å². The molecule has 4 aromatic rings. The largest absolute Gasteiger partial charge is 0.339 e. The van der Waals surface area contributed by atoms with Crippen LogP contribution in [-0.2, 0) is 35.7 Å². The Kier molecular flexibility index (Phi) is 7.05. The minimum Gasteiger partial charge on any atom is -0.339 e. The zero-order valence-electron chi connectivity index (χ0n) is 20.6. The van der Waals surface area contributed by atoms with Crippen LogP contribution < -0.4 is 5.32 Å². The molecule has 2 aromatic heterocycles. The molecule has 0 atom stereocenters. The Balaban J connectivity index is 1.40. The van der Waals surface area contributed by atoms with Crippen LogP contribution in [0, 0.1) is 17.7 Å². The number of carbonyl (C=O) groups excluding carboxylic acids is 1. The second-order valence-corrected chi connectivity index (χ2v) is 11.0.